The van der Waals surface area contributed by atoms with Gasteiger partial charge in [0, 0.05) is 32.7 Å². The van der Waals surface area contributed by atoms with E-state index in [1.807, 2.05) is 26.0 Å². The molecule has 0 amide bonds. The number of sulfonamides is 1. The lowest BCUT2D eigenvalue weighted by atomic mass is 10.1. The molecule has 25 heavy (non-hydrogen) atoms. The van der Waals surface area contributed by atoms with Crippen LogP contribution in [-0.4, -0.2) is 43.8 Å². The van der Waals surface area contributed by atoms with E-state index in [0.29, 0.717) is 18.0 Å². The zero-order chi connectivity index (χ0) is 18.0. The quantitative estimate of drug-likeness (QED) is 0.843. The van der Waals surface area contributed by atoms with Crippen LogP contribution in [-0.2, 0) is 16.6 Å². The van der Waals surface area contributed by atoms with Crippen LogP contribution >= 0.6 is 0 Å². The first kappa shape index (κ1) is 18.1. The van der Waals surface area contributed by atoms with E-state index in [1.54, 1.807) is 10.4 Å². The Morgan fingerprint density at radius 2 is 1.56 bits per heavy atom. The van der Waals surface area contributed by atoms with Crippen molar-refractivity contribution in [3.8, 4) is 0 Å². The van der Waals surface area contributed by atoms with Crippen molar-refractivity contribution in [3.05, 3.63) is 64.7 Å². The Morgan fingerprint density at radius 1 is 0.880 bits per heavy atom. The van der Waals surface area contributed by atoms with E-state index in [4.69, 9.17) is 0 Å². The summed E-state index contributed by atoms with van der Waals surface area (Å²) in [4.78, 5) is 2.77. The molecule has 0 spiro atoms. The predicted molar refractivity (Wildman–Crippen MR) is 101 cm³/mol. The lowest BCUT2D eigenvalue weighted by Crippen LogP contribution is -2.48. The van der Waals surface area contributed by atoms with Gasteiger partial charge in [0.05, 0.1) is 4.90 Å². The minimum atomic E-state index is -3.41. The normalized spacial score (nSPS) is 16.9. The van der Waals surface area contributed by atoms with Crippen LogP contribution in [0.1, 0.15) is 22.3 Å². The first-order valence-electron chi connectivity index (χ1n) is 8.71. The van der Waals surface area contributed by atoms with Gasteiger partial charge in [-0.15, -0.1) is 0 Å². The maximum absolute atomic E-state index is 13.0. The van der Waals surface area contributed by atoms with E-state index >= 15 is 0 Å². The number of hydrogen-bond donors (Lipinski definition) is 0. The van der Waals surface area contributed by atoms with Gasteiger partial charge in [-0.3, -0.25) is 4.90 Å². The molecule has 1 fully saturated rings. The molecule has 134 valence electrons. The Bertz CT molecular complexity index is 854. The molecule has 0 aromatic heterocycles. The standard InChI is InChI=1S/C20H26N2O2S/c1-16-5-4-6-19(13-16)15-21-9-11-22(12-10-21)25(23,24)20-14-17(2)7-8-18(20)3/h4-8,13-14H,9-12,15H2,1-3H3. The summed E-state index contributed by atoms with van der Waals surface area (Å²) in [7, 11) is -3.41. The van der Waals surface area contributed by atoms with Gasteiger partial charge in [0.25, 0.3) is 0 Å². The van der Waals surface area contributed by atoms with Crippen LogP contribution in [0.2, 0.25) is 0 Å². The molecule has 1 aliphatic heterocycles. The molecule has 0 bridgehead atoms. The molecule has 1 heterocycles. The van der Waals surface area contributed by atoms with Crippen molar-refractivity contribution in [1.29, 1.82) is 0 Å². The fraction of sp³-hybridized carbons (Fsp3) is 0.400. The summed E-state index contributed by atoms with van der Waals surface area (Å²) >= 11 is 0. The van der Waals surface area contributed by atoms with Crippen LogP contribution in [0.15, 0.2) is 47.4 Å². The second-order valence-corrected chi connectivity index (χ2v) is 8.84. The minimum Gasteiger partial charge on any atom is -0.296 e. The molecule has 0 N–H and O–H groups in total. The highest BCUT2D eigenvalue weighted by molar-refractivity contribution is 7.89. The highest BCUT2D eigenvalue weighted by Crippen LogP contribution is 2.22. The van der Waals surface area contributed by atoms with Crippen LogP contribution < -0.4 is 0 Å². The second kappa shape index (κ2) is 7.28. The molecule has 0 radical (unpaired) electrons. The number of piperazine rings is 1. The Balaban J connectivity index is 1.68. The van der Waals surface area contributed by atoms with Gasteiger partial charge >= 0.3 is 0 Å². The fourth-order valence-corrected chi connectivity index (χ4v) is 5.05. The molecule has 0 saturated carbocycles. The summed E-state index contributed by atoms with van der Waals surface area (Å²) in [5, 5.41) is 0. The van der Waals surface area contributed by atoms with Gasteiger partial charge in [-0.1, -0.05) is 42.0 Å². The van der Waals surface area contributed by atoms with Gasteiger partial charge in [-0.05, 0) is 43.5 Å². The average Bonchev–Trinajstić information content (AvgIpc) is 2.57. The summed E-state index contributed by atoms with van der Waals surface area (Å²) in [6.07, 6.45) is 0. The maximum Gasteiger partial charge on any atom is 0.243 e. The topological polar surface area (TPSA) is 40.6 Å². The van der Waals surface area contributed by atoms with Gasteiger partial charge in [0.1, 0.15) is 0 Å². The Morgan fingerprint density at radius 3 is 2.24 bits per heavy atom. The zero-order valence-corrected chi connectivity index (χ0v) is 16.0. The van der Waals surface area contributed by atoms with E-state index in [1.165, 1.54) is 11.1 Å². The highest BCUT2D eigenvalue weighted by Gasteiger charge is 2.29. The first-order chi connectivity index (χ1) is 11.9. The molecule has 1 aliphatic rings. The van der Waals surface area contributed by atoms with Crippen molar-refractivity contribution in [1.82, 2.24) is 9.21 Å². The van der Waals surface area contributed by atoms with E-state index < -0.39 is 10.0 Å². The predicted octanol–water partition coefficient (Wildman–Crippen LogP) is 3.12. The van der Waals surface area contributed by atoms with Gasteiger partial charge in [0.2, 0.25) is 10.0 Å². The zero-order valence-electron chi connectivity index (χ0n) is 15.2. The minimum absolute atomic E-state index is 0.444. The first-order valence-corrected chi connectivity index (χ1v) is 10.2. The average molecular weight is 359 g/mol. The van der Waals surface area contributed by atoms with Gasteiger partial charge in [-0.25, -0.2) is 8.42 Å². The molecule has 1 saturated heterocycles. The van der Waals surface area contributed by atoms with Gasteiger partial charge in [0.15, 0.2) is 0 Å². The lowest BCUT2D eigenvalue weighted by Gasteiger charge is -2.34. The summed E-state index contributed by atoms with van der Waals surface area (Å²) < 4.78 is 27.6. The van der Waals surface area contributed by atoms with Crippen molar-refractivity contribution in [2.75, 3.05) is 26.2 Å². The van der Waals surface area contributed by atoms with Gasteiger partial charge < -0.3 is 0 Å². The summed E-state index contributed by atoms with van der Waals surface area (Å²) in [6, 6.07) is 14.1. The summed E-state index contributed by atoms with van der Waals surface area (Å²) in [5.74, 6) is 0. The van der Waals surface area contributed by atoms with Crippen molar-refractivity contribution in [2.24, 2.45) is 0 Å². The molecule has 3 rings (SSSR count). The molecule has 4 nitrogen and oxygen atoms in total. The van der Waals surface area contributed by atoms with E-state index in [0.717, 1.165) is 30.8 Å². The maximum atomic E-state index is 13.0. The van der Waals surface area contributed by atoms with Crippen LogP contribution in [0.3, 0.4) is 0 Å². The Hall–Kier alpha value is -1.69. The van der Waals surface area contributed by atoms with Crippen LogP contribution in [0.25, 0.3) is 0 Å². The molecular weight excluding hydrogens is 332 g/mol. The monoisotopic (exact) mass is 358 g/mol. The van der Waals surface area contributed by atoms with Crippen molar-refractivity contribution < 1.29 is 8.42 Å². The molecule has 0 atom stereocenters. The van der Waals surface area contributed by atoms with E-state index in [9.17, 15) is 8.42 Å². The molecular formula is C20H26N2O2S. The van der Waals surface area contributed by atoms with Crippen molar-refractivity contribution >= 4 is 10.0 Å². The molecule has 2 aromatic carbocycles. The Labute approximate surface area is 151 Å². The third kappa shape index (κ3) is 4.11. The van der Waals surface area contributed by atoms with Crippen LogP contribution in [0.4, 0.5) is 0 Å². The summed E-state index contributed by atoms with van der Waals surface area (Å²) in [6.45, 7) is 9.37. The number of hydrogen-bond acceptors (Lipinski definition) is 3. The van der Waals surface area contributed by atoms with Crippen LogP contribution in [0, 0.1) is 20.8 Å². The second-order valence-electron chi connectivity index (χ2n) is 6.94. The third-order valence-electron chi connectivity index (χ3n) is 4.78. The molecule has 0 aliphatic carbocycles. The van der Waals surface area contributed by atoms with Crippen molar-refractivity contribution in [2.45, 2.75) is 32.2 Å². The SMILES string of the molecule is Cc1cccc(CN2CCN(S(=O)(=O)c3cc(C)ccc3C)CC2)c1. The number of aryl methyl sites for hydroxylation is 3. The largest absolute Gasteiger partial charge is 0.296 e. The smallest absolute Gasteiger partial charge is 0.243 e. The van der Waals surface area contributed by atoms with E-state index in [2.05, 4.69) is 36.1 Å². The molecule has 0 unspecified atom stereocenters. The molecule has 5 heteroatoms. The van der Waals surface area contributed by atoms with Gasteiger partial charge in [-0.2, -0.15) is 4.31 Å². The number of nitrogens with zero attached hydrogens (tertiary/aromatic N) is 2. The summed E-state index contributed by atoms with van der Waals surface area (Å²) in [5.41, 5.74) is 4.33. The molecule has 2 aromatic rings. The third-order valence-corrected chi connectivity index (χ3v) is 6.82. The highest BCUT2D eigenvalue weighted by atomic mass is 32.2. The van der Waals surface area contributed by atoms with Crippen LogP contribution in [0.5, 0.6) is 0 Å². The number of benzene rings is 2. The fourth-order valence-electron chi connectivity index (χ4n) is 3.32. The Kier molecular flexibility index (Phi) is 5.27. The number of rotatable bonds is 4. The van der Waals surface area contributed by atoms with E-state index in [-0.39, 0.29) is 0 Å². The lowest BCUT2D eigenvalue weighted by molar-refractivity contribution is 0.181. The van der Waals surface area contributed by atoms with Crippen molar-refractivity contribution in [3.63, 3.8) is 0 Å².